The maximum absolute atomic E-state index is 12.5. The second kappa shape index (κ2) is 6.83. The number of carbonyl (C=O) groups excluding carboxylic acids is 1. The summed E-state index contributed by atoms with van der Waals surface area (Å²) in [5.74, 6) is -0.381. The van der Waals surface area contributed by atoms with Gasteiger partial charge in [-0.25, -0.2) is 8.42 Å². The lowest BCUT2D eigenvalue weighted by Gasteiger charge is -2.28. The van der Waals surface area contributed by atoms with E-state index in [1.165, 1.54) is 0 Å². The molecule has 0 aliphatic heterocycles. The minimum absolute atomic E-state index is 0.381. The molecule has 0 aliphatic carbocycles. The summed E-state index contributed by atoms with van der Waals surface area (Å²) in [6.45, 7) is 3.45. The van der Waals surface area contributed by atoms with Crippen LogP contribution >= 0.6 is 0 Å². The average Bonchev–Trinajstić information content (AvgIpc) is 2.49. The highest BCUT2D eigenvalue weighted by molar-refractivity contribution is 7.92. The fraction of sp³-hybridized carbons (Fsp3) is 0.235. The summed E-state index contributed by atoms with van der Waals surface area (Å²) in [5, 5.41) is 2.79. The number of hydrogen-bond donors (Lipinski definition) is 1. The van der Waals surface area contributed by atoms with Gasteiger partial charge in [-0.3, -0.25) is 9.10 Å². The zero-order valence-electron chi connectivity index (χ0n) is 13.4. The molecule has 0 saturated heterocycles. The van der Waals surface area contributed by atoms with Crippen LogP contribution in [0.1, 0.15) is 12.5 Å². The van der Waals surface area contributed by atoms with Crippen LogP contribution in [0.15, 0.2) is 54.6 Å². The molecule has 0 heterocycles. The fourth-order valence-electron chi connectivity index (χ4n) is 2.33. The summed E-state index contributed by atoms with van der Waals surface area (Å²) >= 11 is 0. The Morgan fingerprint density at radius 3 is 2.17 bits per heavy atom. The summed E-state index contributed by atoms with van der Waals surface area (Å²) in [6, 6.07) is 15.1. The maximum atomic E-state index is 12.5. The van der Waals surface area contributed by atoms with Crippen molar-refractivity contribution >= 4 is 27.3 Å². The van der Waals surface area contributed by atoms with Gasteiger partial charge >= 0.3 is 0 Å². The fourth-order valence-corrected chi connectivity index (χ4v) is 3.51. The molecule has 1 amide bonds. The van der Waals surface area contributed by atoms with E-state index in [-0.39, 0.29) is 5.91 Å². The van der Waals surface area contributed by atoms with Crippen molar-refractivity contribution in [2.24, 2.45) is 0 Å². The predicted octanol–water partition coefficient (Wildman–Crippen LogP) is 2.79. The first-order valence-electron chi connectivity index (χ1n) is 7.21. The zero-order valence-corrected chi connectivity index (χ0v) is 14.2. The van der Waals surface area contributed by atoms with Gasteiger partial charge in [-0.2, -0.15) is 0 Å². The summed E-state index contributed by atoms with van der Waals surface area (Å²) in [7, 11) is -3.59. The minimum atomic E-state index is -3.59. The normalized spacial score (nSPS) is 12.5. The first-order chi connectivity index (χ1) is 10.8. The van der Waals surface area contributed by atoms with Crippen molar-refractivity contribution < 1.29 is 13.2 Å². The van der Waals surface area contributed by atoms with Gasteiger partial charge in [0.1, 0.15) is 6.04 Å². The topological polar surface area (TPSA) is 66.5 Å². The maximum Gasteiger partial charge on any atom is 0.248 e. The molecule has 0 saturated carbocycles. The van der Waals surface area contributed by atoms with E-state index in [0.29, 0.717) is 11.4 Å². The highest BCUT2D eigenvalue weighted by atomic mass is 32.2. The van der Waals surface area contributed by atoms with E-state index in [1.807, 2.05) is 25.1 Å². The van der Waals surface area contributed by atoms with E-state index in [0.717, 1.165) is 16.1 Å². The lowest BCUT2D eigenvalue weighted by Crippen LogP contribution is -2.45. The van der Waals surface area contributed by atoms with Crippen LogP contribution in [0.5, 0.6) is 0 Å². The largest absolute Gasteiger partial charge is 0.324 e. The predicted molar refractivity (Wildman–Crippen MR) is 93.0 cm³/mol. The molecule has 0 aliphatic rings. The van der Waals surface area contributed by atoms with E-state index in [1.54, 1.807) is 43.3 Å². The Hall–Kier alpha value is -2.34. The molecule has 23 heavy (non-hydrogen) atoms. The quantitative estimate of drug-likeness (QED) is 0.915. The number of sulfonamides is 1. The number of nitrogens with zero attached hydrogens (tertiary/aromatic N) is 1. The number of amides is 1. The van der Waals surface area contributed by atoms with Crippen molar-refractivity contribution in [3.8, 4) is 0 Å². The van der Waals surface area contributed by atoms with Crippen molar-refractivity contribution in [1.29, 1.82) is 0 Å². The van der Waals surface area contributed by atoms with E-state index < -0.39 is 16.1 Å². The SMILES string of the molecule is Cc1ccccc1NC(=O)[C@@H](C)N(c1ccccc1)S(C)(=O)=O. The third-order valence-corrected chi connectivity index (χ3v) is 4.74. The third kappa shape index (κ3) is 4.10. The average molecular weight is 332 g/mol. The first-order valence-corrected chi connectivity index (χ1v) is 9.06. The van der Waals surface area contributed by atoms with Gasteiger partial charge in [0.05, 0.1) is 11.9 Å². The number of benzene rings is 2. The van der Waals surface area contributed by atoms with E-state index in [9.17, 15) is 13.2 Å². The number of nitrogens with one attached hydrogen (secondary N) is 1. The van der Waals surface area contributed by atoms with Crippen molar-refractivity contribution in [3.05, 3.63) is 60.2 Å². The highest BCUT2D eigenvalue weighted by Crippen LogP contribution is 2.21. The zero-order chi connectivity index (χ0) is 17.0. The Morgan fingerprint density at radius 2 is 1.61 bits per heavy atom. The third-order valence-electron chi connectivity index (χ3n) is 3.50. The molecule has 0 unspecified atom stereocenters. The van der Waals surface area contributed by atoms with E-state index in [4.69, 9.17) is 0 Å². The lowest BCUT2D eigenvalue weighted by molar-refractivity contribution is -0.116. The van der Waals surface area contributed by atoms with Gasteiger partial charge in [0, 0.05) is 5.69 Å². The molecule has 0 aromatic heterocycles. The van der Waals surface area contributed by atoms with Crippen LogP contribution in [-0.2, 0) is 14.8 Å². The molecule has 0 radical (unpaired) electrons. The van der Waals surface area contributed by atoms with Crippen LogP contribution in [0.4, 0.5) is 11.4 Å². The van der Waals surface area contributed by atoms with Crippen molar-refractivity contribution in [1.82, 2.24) is 0 Å². The number of rotatable bonds is 5. The molecule has 6 heteroatoms. The van der Waals surface area contributed by atoms with Gasteiger partial charge < -0.3 is 5.32 Å². The molecule has 0 fully saturated rings. The number of hydrogen-bond acceptors (Lipinski definition) is 3. The van der Waals surface area contributed by atoms with Gasteiger partial charge in [-0.05, 0) is 37.6 Å². The number of carbonyl (C=O) groups is 1. The Bertz CT molecular complexity index is 788. The Kier molecular flexibility index (Phi) is 5.05. The van der Waals surface area contributed by atoms with Crippen molar-refractivity contribution in [3.63, 3.8) is 0 Å². The number of anilines is 2. The van der Waals surface area contributed by atoms with E-state index >= 15 is 0 Å². The molecule has 0 spiro atoms. The molecule has 1 atom stereocenters. The molecular weight excluding hydrogens is 312 g/mol. The summed E-state index contributed by atoms with van der Waals surface area (Å²) < 4.78 is 25.4. The smallest absolute Gasteiger partial charge is 0.248 e. The highest BCUT2D eigenvalue weighted by Gasteiger charge is 2.29. The molecule has 0 bridgehead atoms. The molecule has 2 rings (SSSR count). The van der Waals surface area contributed by atoms with Crippen molar-refractivity contribution in [2.45, 2.75) is 19.9 Å². The lowest BCUT2D eigenvalue weighted by atomic mass is 10.2. The minimum Gasteiger partial charge on any atom is -0.324 e. The monoisotopic (exact) mass is 332 g/mol. The van der Waals surface area contributed by atoms with Crippen LogP contribution in [0, 0.1) is 6.92 Å². The molecule has 5 nitrogen and oxygen atoms in total. The van der Waals surface area contributed by atoms with Gasteiger partial charge in [0.25, 0.3) is 0 Å². The number of para-hydroxylation sites is 2. The Balaban J connectivity index is 2.29. The van der Waals surface area contributed by atoms with Crippen LogP contribution in [-0.4, -0.2) is 26.6 Å². The summed E-state index contributed by atoms with van der Waals surface area (Å²) in [6.07, 6.45) is 1.09. The molecule has 122 valence electrons. The van der Waals surface area contributed by atoms with Crippen molar-refractivity contribution in [2.75, 3.05) is 15.9 Å². The van der Waals surface area contributed by atoms with Crippen LogP contribution in [0.25, 0.3) is 0 Å². The Morgan fingerprint density at radius 1 is 1.04 bits per heavy atom. The van der Waals surface area contributed by atoms with Crippen LogP contribution < -0.4 is 9.62 Å². The standard InChI is InChI=1S/C17H20N2O3S/c1-13-9-7-8-12-16(13)18-17(20)14(2)19(23(3,21)22)15-10-5-4-6-11-15/h4-12,14H,1-3H3,(H,18,20)/t14-/m1/s1. The van der Waals surface area contributed by atoms with Crippen LogP contribution in [0.2, 0.25) is 0 Å². The van der Waals surface area contributed by atoms with Gasteiger partial charge in [0.2, 0.25) is 15.9 Å². The molecule has 2 aromatic carbocycles. The summed E-state index contributed by atoms with van der Waals surface area (Å²) in [4.78, 5) is 12.5. The van der Waals surface area contributed by atoms with Gasteiger partial charge in [0.15, 0.2) is 0 Å². The Labute approximate surface area is 137 Å². The van der Waals surface area contributed by atoms with Gasteiger partial charge in [-0.15, -0.1) is 0 Å². The summed E-state index contributed by atoms with van der Waals surface area (Å²) in [5.41, 5.74) is 2.05. The number of aryl methyl sites for hydroxylation is 1. The molecule has 2 aromatic rings. The first kappa shape index (κ1) is 17.0. The molecular formula is C17H20N2O3S. The van der Waals surface area contributed by atoms with Crippen LogP contribution in [0.3, 0.4) is 0 Å². The molecule has 1 N–H and O–H groups in total. The van der Waals surface area contributed by atoms with Gasteiger partial charge in [-0.1, -0.05) is 36.4 Å². The second-order valence-corrected chi connectivity index (χ2v) is 7.23. The second-order valence-electron chi connectivity index (χ2n) is 5.37. The van der Waals surface area contributed by atoms with E-state index in [2.05, 4.69) is 5.32 Å².